The molecule has 0 saturated carbocycles. The molecule has 2 saturated heterocycles. The fourth-order valence-corrected chi connectivity index (χ4v) is 4.57. The van der Waals surface area contributed by atoms with Crippen molar-refractivity contribution in [1.82, 2.24) is 9.80 Å². The smallest absolute Gasteiger partial charge is 0.410 e. The van der Waals surface area contributed by atoms with E-state index in [2.05, 4.69) is 17.0 Å². The van der Waals surface area contributed by atoms with Crippen molar-refractivity contribution in [2.24, 2.45) is 11.3 Å². The molecule has 29 heavy (non-hydrogen) atoms. The van der Waals surface area contributed by atoms with Gasteiger partial charge in [-0.1, -0.05) is 30.3 Å². The molecule has 0 aromatic heterocycles. The van der Waals surface area contributed by atoms with Gasteiger partial charge in [-0.2, -0.15) is 0 Å². The van der Waals surface area contributed by atoms with Crippen LogP contribution < -0.4 is 0 Å². The number of carbonyl (C=O) groups is 2. The summed E-state index contributed by atoms with van der Waals surface area (Å²) in [5.41, 5.74) is 0.609. The highest BCUT2D eigenvalue weighted by atomic mass is 16.6. The van der Waals surface area contributed by atoms with Gasteiger partial charge in [0.15, 0.2) is 0 Å². The Kier molecular flexibility index (Phi) is 6.52. The zero-order chi connectivity index (χ0) is 21.1. The lowest BCUT2D eigenvalue weighted by atomic mass is 9.71. The van der Waals surface area contributed by atoms with Crippen LogP contribution in [0, 0.1) is 11.3 Å². The normalized spacial score (nSPS) is 21.9. The van der Waals surface area contributed by atoms with Crippen LogP contribution in [-0.2, 0) is 20.8 Å². The molecule has 2 aliphatic rings. The Hall–Kier alpha value is -2.08. The van der Waals surface area contributed by atoms with Gasteiger partial charge >= 0.3 is 12.1 Å². The van der Waals surface area contributed by atoms with Crippen LogP contribution in [0.25, 0.3) is 0 Å². The summed E-state index contributed by atoms with van der Waals surface area (Å²) in [7, 11) is 0. The maximum Gasteiger partial charge on any atom is 0.410 e. The van der Waals surface area contributed by atoms with Crippen LogP contribution >= 0.6 is 0 Å². The molecule has 1 spiro atoms. The number of amides is 1. The van der Waals surface area contributed by atoms with E-state index in [4.69, 9.17) is 9.47 Å². The van der Waals surface area contributed by atoms with Crippen molar-refractivity contribution in [2.75, 3.05) is 32.8 Å². The van der Waals surface area contributed by atoms with Gasteiger partial charge in [-0.15, -0.1) is 0 Å². The minimum atomic E-state index is -0.500. The van der Waals surface area contributed by atoms with Crippen LogP contribution in [0.4, 0.5) is 4.79 Å². The van der Waals surface area contributed by atoms with E-state index in [0.29, 0.717) is 26.2 Å². The molecule has 1 amide bonds. The molecule has 1 aromatic carbocycles. The largest absolute Gasteiger partial charge is 0.466 e. The number of hydrogen-bond acceptors (Lipinski definition) is 5. The summed E-state index contributed by atoms with van der Waals surface area (Å²) < 4.78 is 10.9. The van der Waals surface area contributed by atoms with Gasteiger partial charge in [0, 0.05) is 38.1 Å². The van der Waals surface area contributed by atoms with Crippen molar-refractivity contribution >= 4 is 12.1 Å². The fourth-order valence-electron chi connectivity index (χ4n) is 4.57. The summed E-state index contributed by atoms with van der Waals surface area (Å²) in [6, 6.07) is 10.3. The number of benzene rings is 1. The molecule has 1 atom stereocenters. The first-order chi connectivity index (χ1) is 13.7. The van der Waals surface area contributed by atoms with E-state index < -0.39 is 5.60 Å². The second-order valence-corrected chi connectivity index (χ2v) is 9.29. The quantitative estimate of drug-likeness (QED) is 0.719. The summed E-state index contributed by atoms with van der Waals surface area (Å²) in [6.45, 7) is 11.5. The van der Waals surface area contributed by atoms with Crippen LogP contribution in [0.1, 0.15) is 46.1 Å². The molecule has 0 aliphatic carbocycles. The van der Waals surface area contributed by atoms with Gasteiger partial charge in [0.25, 0.3) is 0 Å². The monoisotopic (exact) mass is 402 g/mol. The van der Waals surface area contributed by atoms with Crippen molar-refractivity contribution in [1.29, 1.82) is 0 Å². The standard InChI is InChI=1S/C23H34N2O4/c1-5-28-20(26)19-16-24(15-18-9-7-6-8-10-18)17-23(19)11-13-25(14-12-23)21(27)29-22(2,3)4/h6-10,19H,5,11-17H2,1-4H3/t19-/m1/s1. The molecule has 0 N–H and O–H groups in total. The van der Waals surface area contributed by atoms with E-state index in [1.165, 1.54) is 5.56 Å². The van der Waals surface area contributed by atoms with E-state index >= 15 is 0 Å². The minimum absolute atomic E-state index is 0.103. The predicted octanol–water partition coefficient (Wildman–Crippen LogP) is 3.70. The van der Waals surface area contributed by atoms with Crippen molar-refractivity contribution in [3.8, 4) is 0 Å². The number of piperidine rings is 1. The highest BCUT2D eigenvalue weighted by Gasteiger charge is 2.52. The molecule has 160 valence electrons. The molecule has 3 rings (SSSR count). The van der Waals surface area contributed by atoms with Gasteiger partial charge < -0.3 is 14.4 Å². The zero-order valence-electron chi connectivity index (χ0n) is 18.1. The van der Waals surface area contributed by atoms with Crippen LogP contribution in [0.15, 0.2) is 30.3 Å². The first-order valence-corrected chi connectivity index (χ1v) is 10.6. The Morgan fingerprint density at radius 3 is 2.38 bits per heavy atom. The number of rotatable bonds is 4. The van der Waals surface area contributed by atoms with Crippen molar-refractivity contribution in [2.45, 2.75) is 52.7 Å². The Morgan fingerprint density at radius 2 is 1.79 bits per heavy atom. The topological polar surface area (TPSA) is 59.1 Å². The molecule has 6 nitrogen and oxygen atoms in total. The van der Waals surface area contributed by atoms with Crippen LogP contribution in [0.5, 0.6) is 0 Å². The molecule has 0 unspecified atom stereocenters. The van der Waals surface area contributed by atoms with Crippen LogP contribution in [-0.4, -0.2) is 60.2 Å². The van der Waals surface area contributed by atoms with Crippen LogP contribution in [0.2, 0.25) is 0 Å². The van der Waals surface area contributed by atoms with Gasteiger partial charge in [0.2, 0.25) is 0 Å². The van der Waals surface area contributed by atoms with Gasteiger partial charge in [-0.3, -0.25) is 9.69 Å². The molecule has 0 bridgehead atoms. The second-order valence-electron chi connectivity index (χ2n) is 9.29. The third kappa shape index (κ3) is 5.30. The van der Waals surface area contributed by atoms with Gasteiger partial charge in [0.1, 0.15) is 5.60 Å². The molecule has 1 aromatic rings. The summed E-state index contributed by atoms with van der Waals surface area (Å²) in [5, 5.41) is 0. The Labute approximate surface area is 174 Å². The lowest BCUT2D eigenvalue weighted by Crippen LogP contribution is -2.49. The van der Waals surface area contributed by atoms with E-state index in [1.54, 1.807) is 4.90 Å². The minimum Gasteiger partial charge on any atom is -0.466 e. The average molecular weight is 403 g/mol. The molecule has 2 heterocycles. The first-order valence-electron chi connectivity index (χ1n) is 10.6. The third-order valence-electron chi connectivity index (χ3n) is 5.95. The molecule has 2 aliphatic heterocycles. The van der Waals surface area contributed by atoms with Gasteiger partial charge in [-0.05, 0) is 46.1 Å². The molecule has 0 radical (unpaired) electrons. The fraction of sp³-hybridized carbons (Fsp3) is 0.652. The van der Waals surface area contributed by atoms with Crippen molar-refractivity contribution in [3.05, 3.63) is 35.9 Å². The van der Waals surface area contributed by atoms with Crippen molar-refractivity contribution in [3.63, 3.8) is 0 Å². The predicted molar refractivity (Wildman–Crippen MR) is 111 cm³/mol. The summed E-state index contributed by atoms with van der Waals surface area (Å²) in [6.07, 6.45) is 1.32. The maximum atomic E-state index is 12.8. The Morgan fingerprint density at radius 1 is 1.14 bits per heavy atom. The summed E-state index contributed by atoms with van der Waals surface area (Å²) in [5.74, 6) is -0.249. The van der Waals surface area contributed by atoms with Crippen molar-refractivity contribution < 1.29 is 19.1 Å². The number of ether oxygens (including phenoxy) is 2. The number of hydrogen-bond donors (Lipinski definition) is 0. The number of esters is 1. The van der Waals surface area contributed by atoms with Gasteiger partial charge in [-0.25, -0.2) is 4.79 Å². The number of likely N-dealkylation sites (tertiary alicyclic amines) is 2. The molecule has 2 fully saturated rings. The number of nitrogens with zero attached hydrogens (tertiary/aromatic N) is 2. The Bertz CT molecular complexity index is 705. The molecule has 6 heteroatoms. The maximum absolute atomic E-state index is 12.8. The highest BCUT2D eigenvalue weighted by molar-refractivity contribution is 5.74. The van der Waals surface area contributed by atoms with Crippen LogP contribution in [0.3, 0.4) is 0 Å². The van der Waals surface area contributed by atoms with Gasteiger partial charge in [0.05, 0.1) is 12.5 Å². The molecular weight excluding hydrogens is 368 g/mol. The summed E-state index contributed by atoms with van der Waals surface area (Å²) >= 11 is 0. The number of carbonyl (C=O) groups excluding carboxylic acids is 2. The second kappa shape index (κ2) is 8.74. The van der Waals surface area contributed by atoms with E-state index in [0.717, 1.165) is 25.9 Å². The summed E-state index contributed by atoms with van der Waals surface area (Å²) in [4.78, 5) is 29.3. The van der Waals surface area contributed by atoms with E-state index in [9.17, 15) is 9.59 Å². The lowest BCUT2D eigenvalue weighted by molar-refractivity contribution is -0.152. The van der Waals surface area contributed by atoms with E-state index in [1.807, 2.05) is 45.9 Å². The third-order valence-corrected chi connectivity index (χ3v) is 5.95. The zero-order valence-corrected chi connectivity index (χ0v) is 18.1. The lowest BCUT2D eigenvalue weighted by Gasteiger charge is -2.42. The first kappa shape index (κ1) is 21.6. The SMILES string of the molecule is CCOC(=O)[C@H]1CN(Cc2ccccc2)CC12CCN(C(=O)OC(C)(C)C)CC2. The average Bonchev–Trinajstić information content (AvgIpc) is 2.99. The molecular formula is C23H34N2O4. The Balaban J connectivity index is 1.69. The van der Waals surface area contributed by atoms with E-state index in [-0.39, 0.29) is 23.4 Å². The highest BCUT2D eigenvalue weighted by Crippen LogP contribution is 2.45.